The van der Waals surface area contributed by atoms with Gasteiger partial charge >= 0.3 is 0 Å². The summed E-state index contributed by atoms with van der Waals surface area (Å²) < 4.78 is 30.9. The Labute approximate surface area is 91.6 Å². The number of hydrogen-bond acceptors (Lipinski definition) is 5. The minimum Gasteiger partial charge on any atom is -0.748 e. The summed E-state index contributed by atoms with van der Waals surface area (Å²) >= 11 is 0. The Morgan fingerprint density at radius 1 is 1.40 bits per heavy atom. The zero-order valence-electron chi connectivity index (χ0n) is 9.27. The van der Waals surface area contributed by atoms with Crippen molar-refractivity contribution in [3.05, 3.63) is 0 Å². The highest BCUT2D eigenvalue weighted by molar-refractivity contribution is 7.85. The molecular weight excluding hydrogens is 218 g/mol. The quantitative estimate of drug-likeness (QED) is 0.456. The normalized spacial score (nSPS) is 14.5. The van der Waals surface area contributed by atoms with E-state index in [1.807, 2.05) is 13.8 Å². The molecule has 0 aromatic rings. The minimum absolute atomic E-state index is 0.0145. The van der Waals surface area contributed by atoms with Gasteiger partial charge in [-0.05, 0) is 25.3 Å². The van der Waals surface area contributed by atoms with E-state index in [-0.39, 0.29) is 18.4 Å². The van der Waals surface area contributed by atoms with Gasteiger partial charge in [-0.15, -0.1) is 0 Å². The van der Waals surface area contributed by atoms with Gasteiger partial charge in [0.15, 0.2) is 0 Å². The maximum Gasteiger partial charge on any atom is 0.0946 e. The molecule has 0 radical (unpaired) electrons. The van der Waals surface area contributed by atoms with E-state index in [0.29, 0.717) is 18.9 Å². The van der Waals surface area contributed by atoms with Crippen LogP contribution in [0.1, 0.15) is 26.7 Å². The Hall–Kier alpha value is -0.170. The molecule has 0 aromatic carbocycles. The van der Waals surface area contributed by atoms with Crippen LogP contribution in [-0.2, 0) is 10.1 Å². The highest BCUT2D eigenvalue weighted by atomic mass is 32.2. The fourth-order valence-electron chi connectivity index (χ4n) is 1.35. The summed E-state index contributed by atoms with van der Waals surface area (Å²) in [7, 11) is -4.10. The second-order valence-electron chi connectivity index (χ2n) is 4.08. The molecule has 0 bridgehead atoms. The predicted molar refractivity (Wildman–Crippen MR) is 57.5 cm³/mol. The summed E-state index contributed by atoms with van der Waals surface area (Å²) in [6, 6.07) is -0.0145. The van der Waals surface area contributed by atoms with Gasteiger partial charge in [-0.25, -0.2) is 8.42 Å². The van der Waals surface area contributed by atoms with Gasteiger partial charge in [0, 0.05) is 11.8 Å². The second kappa shape index (κ2) is 7.16. The first-order valence-corrected chi connectivity index (χ1v) is 6.70. The lowest BCUT2D eigenvalue weighted by molar-refractivity contribution is 0.225. The standard InChI is InChI=1S/C9H21NO4S/c1-8(2)6-9(7-11)10-4-3-5-15(12,13)14/h8-11H,3-7H2,1-2H3,(H,12,13,14)/p-1. The lowest BCUT2D eigenvalue weighted by Gasteiger charge is -2.18. The molecule has 0 saturated heterocycles. The zero-order valence-corrected chi connectivity index (χ0v) is 10.1. The molecule has 1 atom stereocenters. The largest absolute Gasteiger partial charge is 0.748 e. The summed E-state index contributed by atoms with van der Waals surface area (Å²) in [5, 5.41) is 12.0. The van der Waals surface area contributed by atoms with Crippen molar-refractivity contribution in [2.45, 2.75) is 32.7 Å². The minimum atomic E-state index is -4.10. The lowest BCUT2D eigenvalue weighted by atomic mass is 10.0. The molecule has 92 valence electrons. The van der Waals surface area contributed by atoms with Crippen LogP contribution in [0.4, 0.5) is 0 Å². The molecule has 0 aliphatic rings. The highest BCUT2D eigenvalue weighted by Gasteiger charge is 2.08. The summed E-state index contributed by atoms with van der Waals surface area (Å²) in [6.45, 7) is 4.57. The number of rotatable bonds is 8. The molecule has 0 amide bonds. The van der Waals surface area contributed by atoms with E-state index < -0.39 is 10.1 Å². The van der Waals surface area contributed by atoms with Gasteiger partial charge in [-0.1, -0.05) is 13.8 Å². The molecule has 6 heteroatoms. The molecule has 0 aliphatic carbocycles. The first-order valence-electron chi connectivity index (χ1n) is 5.13. The van der Waals surface area contributed by atoms with Crippen LogP contribution >= 0.6 is 0 Å². The van der Waals surface area contributed by atoms with E-state index in [4.69, 9.17) is 5.11 Å². The van der Waals surface area contributed by atoms with Crippen molar-refractivity contribution in [2.75, 3.05) is 18.9 Å². The van der Waals surface area contributed by atoms with Crippen molar-refractivity contribution in [1.29, 1.82) is 0 Å². The average molecular weight is 238 g/mol. The Balaban J connectivity index is 3.64. The summed E-state index contributed by atoms with van der Waals surface area (Å²) in [4.78, 5) is 0. The molecule has 0 fully saturated rings. The Morgan fingerprint density at radius 3 is 2.40 bits per heavy atom. The van der Waals surface area contributed by atoms with Crippen LogP contribution in [0.25, 0.3) is 0 Å². The van der Waals surface area contributed by atoms with Crippen molar-refractivity contribution < 1.29 is 18.1 Å². The SMILES string of the molecule is CC(C)CC(CO)NCCCS(=O)(=O)[O-]. The summed E-state index contributed by atoms with van der Waals surface area (Å²) in [5.41, 5.74) is 0. The third kappa shape index (κ3) is 10.1. The average Bonchev–Trinajstić information content (AvgIpc) is 2.08. The molecule has 0 rings (SSSR count). The zero-order chi connectivity index (χ0) is 11.9. The number of aliphatic hydroxyl groups excluding tert-OH is 1. The van der Waals surface area contributed by atoms with Crippen LogP contribution in [0.2, 0.25) is 0 Å². The van der Waals surface area contributed by atoms with Crippen LogP contribution in [0, 0.1) is 5.92 Å². The predicted octanol–water partition coefficient (Wildman–Crippen LogP) is -0.0817. The third-order valence-electron chi connectivity index (χ3n) is 1.98. The van der Waals surface area contributed by atoms with E-state index >= 15 is 0 Å². The first kappa shape index (κ1) is 14.8. The van der Waals surface area contributed by atoms with Gasteiger partial charge in [0.1, 0.15) is 0 Å². The van der Waals surface area contributed by atoms with Crippen molar-refractivity contribution in [3.8, 4) is 0 Å². The number of hydrogen-bond donors (Lipinski definition) is 2. The maximum atomic E-state index is 10.3. The van der Waals surface area contributed by atoms with Gasteiger partial charge in [0.2, 0.25) is 0 Å². The van der Waals surface area contributed by atoms with E-state index in [1.54, 1.807) is 0 Å². The van der Waals surface area contributed by atoms with Gasteiger partial charge in [0.05, 0.1) is 16.7 Å². The Kier molecular flexibility index (Phi) is 7.08. The molecular formula is C9H20NO4S-. The van der Waals surface area contributed by atoms with Crippen LogP contribution in [0.5, 0.6) is 0 Å². The molecule has 0 heterocycles. The van der Waals surface area contributed by atoms with Gasteiger partial charge < -0.3 is 15.0 Å². The van der Waals surface area contributed by atoms with E-state index in [1.165, 1.54) is 0 Å². The van der Waals surface area contributed by atoms with Crippen molar-refractivity contribution >= 4 is 10.1 Å². The molecule has 5 nitrogen and oxygen atoms in total. The van der Waals surface area contributed by atoms with Crippen LogP contribution < -0.4 is 5.32 Å². The van der Waals surface area contributed by atoms with E-state index in [0.717, 1.165) is 6.42 Å². The molecule has 1 unspecified atom stereocenters. The molecule has 0 spiro atoms. The molecule has 0 aliphatic heterocycles. The third-order valence-corrected chi connectivity index (χ3v) is 2.77. The molecule has 2 N–H and O–H groups in total. The van der Waals surface area contributed by atoms with Gasteiger partial charge in [-0.2, -0.15) is 0 Å². The first-order chi connectivity index (χ1) is 6.85. The summed E-state index contributed by atoms with van der Waals surface area (Å²) in [6.07, 6.45) is 1.13. The van der Waals surface area contributed by atoms with Gasteiger partial charge in [0.25, 0.3) is 0 Å². The highest BCUT2D eigenvalue weighted by Crippen LogP contribution is 2.03. The second-order valence-corrected chi connectivity index (χ2v) is 5.60. The van der Waals surface area contributed by atoms with Crippen molar-refractivity contribution in [1.82, 2.24) is 5.32 Å². The van der Waals surface area contributed by atoms with Crippen LogP contribution in [-0.4, -0.2) is 43.0 Å². The van der Waals surface area contributed by atoms with Crippen molar-refractivity contribution in [2.24, 2.45) is 5.92 Å². The molecule has 0 aromatic heterocycles. The molecule has 0 saturated carbocycles. The van der Waals surface area contributed by atoms with Gasteiger partial charge in [-0.3, -0.25) is 0 Å². The lowest BCUT2D eigenvalue weighted by Crippen LogP contribution is -2.35. The van der Waals surface area contributed by atoms with E-state index in [2.05, 4.69) is 5.32 Å². The van der Waals surface area contributed by atoms with E-state index in [9.17, 15) is 13.0 Å². The number of aliphatic hydroxyl groups is 1. The van der Waals surface area contributed by atoms with Crippen LogP contribution in [0.3, 0.4) is 0 Å². The Bertz CT molecular complexity index is 251. The maximum absolute atomic E-state index is 10.3. The Morgan fingerprint density at radius 2 is 2.00 bits per heavy atom. The fraction of sp³-hybridized carbons (Fsp3) is 1.00. The van der Waals surface area contributed by atoms with Crippen molar-refractivity contribution in [3.63, 3.8) is 0 Å². The van der Waals surface area contributed by atoms with Crippen LogP contribution in [0.15, 0.2) is 0 Å². The molecule has 15 heavy (non-hydrogen) atoms. The smallest absolute Gasteiger partial charge is 0.0946 e. The monoisotopic (exact) mass is 238 g/mol. The number of nitrogens with one attached hydrogen (secondary N) is 1. The fourth-order valence-corrected chi connectivity index (χ4v) is 1.84. The topological polar surface area (TPSA) is 89.5 Å². The summed E-state index contributed by atoms with van der Waals surface area (Å²) in [5.74, 6) is 0.123.